The van der Waals surface area contributed by atoms with Crippen molar-refractivity contribution in [1.29, 1.82) is 0 Å². The highest BCUT2D eigenvalue weighted by atomic mass is 79.9. The molecule has 0 saturated heterocycles. The average Bonchev–Trinajstić information content (AvgIpc) is 3.09. The molecule has 0 aromatic heterocycles. The minimum Gasteiger partial charge on any atom is -0.496 e. The van der Waals surface area contributed by atoms with Crippen LogP contribution in [0.2, 0.25) is 0 Å². The van der Waals surface area contributed by atoms with Crippen molar-refractivity contribution < 1.29 is 9.84 Å². The number of hydrogen-bond acceptors (Lipinski definition) is 3. The minimum atomic E-state index is 0.161. The number of benzene rings is 1. The molecule has 1 aliphatic rings. The Kier molecular flexibility index (Phi) is 4.30. The van der Waals surface area contributed by atoms with Crippen molar-refractivity contribution in [3.05, 3.63) is 28.2 Å². The van der Waals surface area contributed by atoms with Crippen LogP contribution in [0.1, 0.15) is 18.4 Å². The monoisotopic (exact) mass is 313 g/mol. The second-order valence-electron chi connectivity index (χ2n) is 5.29. The lowest BCUT2D eigenvalue weighted by atomic mass is 10.1. The van der Waals surface area contributed by atoms with E-state index in [1.807, 2.05) is 12.1 Å². The summed E-state index contributed by atoms with van der Waals surface area (Å²) in [6.07, 6.45) is 2.28. The van der Waals surface area contributed by atoms with E-state index in [-0.39, 0.29) is 5.41 Å². The Morgan fingerprint density at radius 3 is 2.72 bits per heavy atom. The van der Waals surface area contributed by atoms with Crippen LogP contribution in [0.4, 0.5) is 0 Å². The predicted molar refractivity (Wildman–Crippen MR) is 75.8 cm³/mol. The Hall–Kier alpha value is -0.580. The van der Waals surface area contributed by atoms with Gasteiger partial charge in [-0.15, -0.1) is 0 Å². The highest BCUT2D eigenvalue weighted by molar-refractivity contribution is 9.10. The molecule has 1 fully saturated rings. The van der Waals surface area contributed by atoms with Gasteiger partial charge in [0.1, 0.15) is 5.75 Å². The normalized spacial score (nSPS) is 16.9. The minimum absolute atomic E-state index is 0.161. The number of hydrogen-bond donors (Lipinski definition) is 1. The third-order valence-electron chi connectivity index (χ3n) is 3.58. The molecule has 1 aromatic rings. The number of aliphatic hydroxyl groups is 1. The lowest BCUT2D eigenvalue weighted by Gasteiger charge is -2.23. The summed E-state index contributed by atoms with van der Waals surface area (Å²) in [7, 11) is 3.79. The van der Waals surface area contributed by atoms with Crippen molar-refractivity contribution in [3.63, 3.8) is 0 Å². The SMILES string of the molecule is COc1ccc(Br)cc1CN(C)CC1(CO)CC1. The van der Waals surface area contributed by atoms with Crippen molar-refractivity contribution in [2.45, 2.75) is 19.4 Å². The Morgan fingerprint density at radius 1 is 1.44 bits per heavy atom. The zero-order valence-corrected chi connectivity index (χ0v) is 12.5. The fraction of sp³-hybridized carbons (Fsp3) is 0.571. The fourth-order valence-corrected chi connectivity index (χ4v) is 2.74. The molecule has 1 N–H and O–H groups in total. The van der Waals surface area contributed by atoms with E-state index < -0.39 is 0 Å². The van der Waals surface area contributed by atoms with Crippen LogP contribution in [0.25, 0.3) is 0 Å². The summed E-state index contributed by atoms with van der Waals surface area (Å²) >= 11 is 3.49. The van der Waals surface area contributed by atoms with E-state index in [1.54, 1.807) is 7.11 Å². The second-order valence-corrected chi connectivity index (χ2v) is 6.20. The zero-order chi connectivity index (χ0) is 13.2. The molecule has 2 rings (SSSR count). The predicted octanol–water partition coefficient (Wildman–Crippen LogP) is 2.66. The van der Waals surface area contributed by atoms with Crippen LogP contribution in [0.5, 0.6) is 5.75 Å². The molecule has 1 aromatic carbocycles. The van der Waals surface area contributed by atoms with E-state index in [0.717, 1.165) is 36.2 Å². The maximum atomic E-state index is 9.36. The third kappa shape index (κ3) is 3.25. The van der Waals surface area contributed by atoms with Crippen LogP contribution in [-0.2, 0) is 6.54 Å². The molecule has 3 nitrogen and oxygen atoms in total. The summed E-state index contributed by atoms with van der Waals surface area (Å²) < 4.78 is 6.44. The van der Waals surface area contributed by atoms with Crippen molar-refractivity contribution in [3.8, 4) is 5.75 Å². The fourth-order valence-electron chi connectivity index (χ4n) is 2.33. The first-order valence-corrected chi connectivity index (χ1v) is 7.00. The molecule has 0 unspecified atom stereocenters. The summed E-state index contributed by atoms with van der Waals surface area (Å²) in [6.45, 7) is 2.08. The molecule has 18 heavy (non-hydrogen) atoms. The number of methoxy groups -OCH3 is 1. The van der Waals surface area contributed by atoms with Crippen molar-refractivity contribution in [2.24, 2.45) is 5.41 Å². The molecule has 100 valence electrons. The lowest BCUT2D eigenvalue weighted by Crippen LogP contribution is -2.28. The van der Waals surface area contributed by atoms with Crippen LogP contribution < -0.4 is 4.74 Å². The van der Waals surface area contributed by atoms with Gasteiger partial charge in [-0.1, -0.05) is 15.9 Å². The molecule has 0 heterocycles. The average molecular weight is 314 g/mol. The Labute approximate surface area is 117 Å². The largest absolute Gasteiger partial charge is 0.496 e. The summed E-state index contributed by atoms with van der Waals surface area (Å²) in [6, 6.07) is 6.05. The van der Waals surface area contributed by atoms with Gasteiger partial charge in [0.15, 0.2) is 0 Å². The van der Waals surface area contributed by atoms with Crippen molar-refractivity contribution >= 4 is 15.9 Å². The molecule has 4 heteroatoms. The van der Waals surface area contributed by atoms with Gasteiger partial charge >= 0.3 is 0 Å². The van der Waals surface area contributed by atoms with E-state index in [1.165, 1.54) is 5.56 Å². The maximum Gasteiger partial charge on any atom is 0.123 e. The summed E-state index contributed by atoms with van der Waals surface area (Å²) in [5, 5.41) is 9.36. The van der Waals surface area contributed by atoms with Gasteiger partial charge in [0.25, 0.3) is 0 Å². The van der Waals surface area contributed by atoms with Crippen LogP contribution in [0, 0.1) is 5.41 Å². The molecule has 0 bridgehead atoms. The second kappa shape index (κ2) is 5.59. The van der Waals surface area contributed by atoms with E-state index in [0.29, 0.717) is 6.61 Å². The first kappa shape index (κ1) is 13.8. The molecular formula is C14H20BrNO2. The van der Waals surface area contributed by atoms with Crippen LogP contribution in [-0.4, -0.2) is 37.3 Å². The van der Waals surface area contributed by atoms with Gasteiger partial charge in [0, 0.05) is 35.1 Å². The first-order valence-electron chi connectivity index (χ1n) is 6.20. The first-order chi connectivity index (χ1) is 8.58. The molecule has 1 aliphatic carbocycles. The zero-order valence-electron chi connectivity index (χ0n) is 10.9. The number of ether oxygens (including phenoxy) is 1. The highest BCUT2D eigenvalue weighted by Crippen LogP contribution is 2.45. The van der Waals surface area contributed by atoms with E-state index in [4.69, 9.17) is 4.74 Å². The van der Waals surface area contributed by atoms with Gasteiger partial charge in [-0.05, 0) is 38.1 Å². The number of nitrogens with zero attached hydrogens (tertiary/aromatic N) is 1. The molecule has 0 amide bonds. The topological polar surface area (TPSA) is 32.7 Å². The Balaban J connectivity index is 2.02. The van der Waals surface area contributed by atoms with Crippen molar-refractivity contribution in [2.75, 3.05) is 27.3 Å². The molecule has 0 spiro atoms. The molecular weight excluding hydrogens is 294 g/mol. The van der Waals surface area contributed by atoms with Crippen LogP contribution in [0.15, 0.2) is 22.7 Å². The van der Waals surface area contributed by atoms with Gasteiger partial charge < -0.3 is 14.7 Å². The number of rotatable bonds is 6. The standard InChI is InChI=1S/C14H20BrNO2/c1-16(9-14(10-17)5-6-14)8-11-7-12(15)3-4-13(11)18-2/h3-4,7,17H,5-6,8-10H2,1-2H3. The molecule has 0 radical (unpaired) electrons. The van der Waals surface area contributed by atoms with Gasteiger partial charge in [0.05, 0.1) is 7.11 Å². The smallest absolute Gasteiger partial charge is 0.123 e. The number of halogens is 1. The van der Waals surface area contributed by atoms with Gasteiger partial charge in [-0.2, -0.15) is 0 Å². The maximum absolute atomic E-state index is 9.36. The highest BCUT2D eigenvalue weighted by Gasteiger charge is 2.42. The van der Waals surface area contributed by atoms with Gasteiger partial charge in [-0.3, -0.25) is 0 Å². The molecule has 1 saturated carbocycles. The van der Waals surface area contributed by atoms with Crippen molar-refractivity contribution in [1.82, 2.24) is 4.90 Å². The van der Waals surface area contributed by atoms with E-state index in [2.05, 4.69) is 33.9 Å². The van der Waals surface area contributed by atoms with Crippen LogP contribution in [0.3, 0.4) is 0 Å². The van der Waals surface area contributed by atoms with Crippen LogP contribution >= 0.6 is 15.9 Å². The van der Waals surface area contributed by atoms with Gasteiger partial charge in [-0.25, -0.2) is 0 Å². The Bertz CT molecular complexity index is 418. The summed E-state index contributed by atoms with van der Waals surface area (Å²) in [5.41, 5.74) is 1.33. The molecule has 0 aliphatic heterocycles. The molecule has 0 atom stereocenters. The lowest BCUT2D eigenvalue weighted by molar-refractivity contribution is 0.160. The van der Waals surface area contributed by atoms with E-state index >= 15 is 0 Å². The third-order valence-corrected chi connectivity index (χ3v) is 4.07. The van der Waals surface area contributed by atoms with E-state index in [9.17, 15) is 5.11 Å². The quantitative estimate of drug-likeness (QED) is 0.876. The summed E-state index contributed by atoms with van der Waals surface area (Å²) in [5.74, 6) is 0.916. The number of aliphatic hydroxyl groups excluding tert-OH is 1. The summed E-state index contributed by atoms with van der Waals surface area (Å²) in [4.78, 5) is 2.26. The Morgan fingerprint density at radius 2 is 2.17 bits per heavy atom. The van der Waals surface area contributed by atoms with Gasteiger partial charge in [0.2, 0.25) is 0 Å².